The van der Waals surface area contributed by atoms with Gasteiger partial charge in [0, 0.05) is 53.0 Å². The first-order chi connectivity index (χ1) is 30.2. The zero-order chi connectivity index (χ0) is 51.3. The van der Waals surface area contributed by atoms with Gasteiger partial charge in [0.1, 0.15) is 12.4 Å². The summed E-state index contributed by atoms with van der Waals surface area (Å²) in [6.45, 7) is -5.90. The maximum atomic E-state index is 14.8. The zero-order valence-corrected chi connectivity index (χ0v) is 26.5. The van der Waals surface area contributed by atoms with Gasteiger partial charge < -0.3 is 14.4 Å². The summed E-state index contributed by atoms with van der Waals surface area (Å²) in [6.07, 6.45) is -15.6. The van der Waals surface area contributed by atoms with Crippen molar-refractivity contribution >= 4 is 17.7 Å². The van der Waals surface area contributed by atoms with E-state index in [1.807, 2.05) is 0 Å². The van der Waals surface area contributed by atoms with Gasteiger partial charge in [0.05, 0.1) is 15.2 Å². The van der Waals surface area contributed by atoms with Crippen molar-refractivity contribution in [1.29, 1.82) is 0 Å². The van der Waals surface area contributed by atoms with E-state index >= 15 is 0 Å². The standard InChI is InChI=1S/C37H40F4N4O2S/c1-4-43(5-2)19-20-44(22-26-9-13-28(14-10-26)29-15-18-32(25(3)21-29)37(39,40)41)34(46)23-45-33-8-6-7-31(33)35(47)42-36(45)48-24-27-11-16-30(38)17-12-27/h9-18,21H,4-8,19-20,22-24H2,1-3H3/i4D2,5D2,6D2,7D2,8D2,9D,10D,13D,14D,15D,18D,21D,24D2. The monoisotopic (exact) mass is 699 g/mol. The van der Waals surface area contributed by atoms with Crippen molar-refractivity contribution < 1.29 is 48.4 Å². The Morgan fingerprint density at radius 1 is 1.02 bits per heavy atom. The van der Waals surface area contributed by atoms with Crippen LogP contribution in [0.4, 0.5) is 17.6 Å². The third kappa shape index (κ3) is 8.54. The average molecular weight is 700 g/mol. The number of alkyl halides is 3. The summed E-state index contributed by atoms with van der Waals surface area (Å²) in [5.41, 5.74) is -11.6. The van der Waals surface area contributed by atoms with Crippen LogP contribution in [0.25, 0.3) is 11.1 Å². The van der Waals surface area contributed by atoms with Crippen LogP contribution in [0.1, 0.15) is 79.8 Å². The fourth-order valence-electron chi connectivity index (χ4n) is 4.50. The van der Waals surface area contributed by atoms with Crippen molar-refractivity contribution in [1.82, 2.24) is 19.4 Å². The summed E-state index contributed by atoms with van der Waals surface area (Å²) < 4.78 is 219. The molecule has 0 atom stereocenters. The van der Waals surface area contributed by atoms with E-state index in [1.165, 1.54) is 0 Å². The number of aromatic nitrogens is 2. The molecule has 254 valence electrons. The molecule has 0 saturated carbocycles. The van der Waals surface area contributed by atoms with Crippen LogP contribution < -0.4 is 5.56 Å². The smallest absolute Gasteiger partial charge is 0.336 e. The normalized spacial score (nSPS) is 22.6. The summed E-state index contributed by atoms with van der Waals surface area (Å²) >= 11 is 0.0671. The van der Waals surface area contributed by atoms with Crippen LogP contribution in [0, 0.1) is 12.7 Å². The quantitative estimate of drug-likeness (QED) is 0.0821. The number of halogens is 4. The van der Waals surface area contributed by atoms with Gasteiger partial charge in [0.15, 0.2) is 5.16 Å². The Morgan fingerprint density at radius 3 is 2.38 bits per heavy atom. The summed E-state index contributed by atoms with van der Waals surface area (Å²) in [5, 5.41) is -0.827. The molecular weight excluding hydrogens is 640 g/mol. The molecule has 48 heavy (non-hydrogen) atoms. The molecule has 0 saturated heterocycles. The molecule has 0 N–H and O–H groups in total. The van der Waals surface area contributed by atoms with Gasteiger partial charge in [-0.05, 0) is 85.0 Å². The van der Waals surface area contributed by atoms with Crippen molar-refractivity contribution in [3.63, 3.8) is 0 Å². The molecule has 4 aromatic rings. The van der Waals surface area contributed by atoms with E-state index in [1.54, 1.807) is 0 Å². The number of likely N-dealkylation sites (N-methyl/N-ethyl adjacent to an activating group) is 1. The third-order valence-corrected chi connectivity index (χ3v) is 7.79. The lowest BCUT2D eigenvalue weighted by atomic mass is 9.98. The third-order valence-electron chi connectivity index (χ3n) is 6.96. The minimum atomic E-state index is -5.19. The molecule has 11 heteroatoms. The molecule has 6 nitrogen and oxygen atoms in total. The number of rotatable bonds is 13. The highest BCUT2D eigenvalue weighted by Gasteiger charge is 2.32. The predicted molar refractivity (Wildman–Crippen MR) is 181 cm³/mol. The molecule has 0 radical (unpaired) electrons. The minimum Gasteiger partial charge on any atom is -0.336 e. The van der Waals surface area contributed by atoms with E-state index in [4.69, 9.17) is 26.0 Å². The van der Waals surface area contributed by atoms with Crippen molar-refractivity contribution in [3.8, 4) is 11.1 Å². The fraction of sp³-hybridized carbons (Fsp3) is 0.378. The van der Waals surface area contributed by atoms with Gasteiger partial charge >= 0.3 is 6.18 Å². The second-order valence-corrected chi connectivity index (χ2v) is 10.9. The fourth-order valence-corrected chi connectivity index (χ4v) is 5.24. The van der Waals surface area contributed by atoms with E-state index in [0.29, 0.717) is 14.4 Å². The number of fused-ring (bicyclic) bond motifs is 1. The highest BCUT2D eigenvalue weighted by molar-refractivity contribution is 7.98. The van der Waals surface area contributed by atoms with E-state index in [0.717, 1.165) is 45.0 Å². The summed E-state index contributed by atoms with van der Waals surface area (Å²) in [6, 6.07) is -3.91. The molecule has 5 rings (SSSR count). The lowest BCUT2D eigenvalue weighted by molar-refractivity contribution is -0.138. The molecule has 1 aliphatic rings. The number of carbonyl (C=O) groups excluding carboxylic acids is 1. The Labute approximate surface area is 309 Å². The van der Waals surface area contributed by atoms with E-state index in [2.05, 4.69) is 4.98 Å². The summed E-state index contributed by atoms with van der Waals surface area (Å²) in [5.74, 6) is -2.05. The molecule has 1 aliphatic carbocycles. The van der Waals surface area contributed by atoms with Crippen LogP contribution in [0.5, 0.6) is 0 Å². The lowest BCUT2D eigenvalue weighted by Crippen LogP contribution is -2.40. The van der Waals surface area contributed by atoms with Crippen LogP contribution in [0.2, 0.25) is 0 Å². The highest BCUT2D eigenvalue weighted by Crippen LogP contribution is 2.34. The van der Waals surface area contributed by atoms with E-state index in [-0.39, 0.29) is 17.3 Å². The number of thioether (sulfide) groups is 1. The highest BCUT2D eigenvalue weighted by atomic mass is 32.2. The number of hydrogen-bond acceptors (Lipinski definition) is 5. The molecule has 1 aromatic heterocycles. The van der Waals surface area contributed by atoms with Crippen LogP contribution >= 0.6 is 11.8 Å². The SMILES string of the molecule is [2H]c1c([2H])c(-c2c([2H])c([2H])c(C(F)(F)F)c(C)c2[2H])c([2H])c([2H])c1CN(CCN(C([2H])([2H])C)C([2H])([2H])C)C(=O)Cn1c(SC([2H])([2H])c2ccc(F)cc2)nc(=O)c2c1C([2H])([2H])C([2H])([2H])C2([2H])[2H]. The lowest BCUT2D eigenvalue weighted by Gasteiger charge is -2.28. The van der Waals surface area contributed by atoms with Crippen LogP contribution in [-0.2, 0) is 42.5 Å². The predicted octanol–water partition coefficient (Wildman–Crippen LogP) is 7.53. The number of amides is 1. The van der Waals surface area contributed by atoms with Gasteiger partial charge in [-0.15, -0.1) is 0 Å². The topological polar surface area (TPSA) is 58.4 Å². The van der Waals surface area contributed by atoms with E-state index < -0.39 is 174 Å². The van der Waals surface area contributed by atoms with Crippen LogP contribution in [-0.4, -0.2) is 51.3 Å². The number of benzene rings is 3. The molecule has 0 unspecified atom stereocenters. The maximum Gasteiger partial charge on any atom is 0.416 e. The molecule has 0 aliphatic heterocycles. The first-order valence-electron chi connectivity index (χ1n) is 23.7. The van der Waals surface area contributed by atoms with Crippen molar-refractivity contribution in [2.24, 2.45) is 0 Å². The average Bonchev–Trinajstić information content (AvgIpc) is 3.28. The summed E-state index contributed by atoms with van der Waals surface area (Å²) in [4.78, 5) is 33.5. The Kier molecular flexibility index (Phi) is 5.86. The largest absolute Gasteiger partial charge is 0.416 e. The van der Waals surface area contributed by atoms with Gasteiger partial charge in [0.25, 0.3) is 5.56 Å². The first-order valence-corrected chi connectivity index (χ1v) is 15.0. The molecular formula is C37H40F4N4O2S. The molecule has 0 fully saturated rings. The van der Waals surface area contributed by atoms with Crippen LogP contribution in [0.3, 0.4) is 0 Å². The number of carbonyl (C=O) groups is 1. The first kappa shape index (κ1) is 18.2. The molecule has 0 bridgehead atoms. The Hall–Kier alpha value is -3.96. The zero-order valence-electron chi connectivity index (χ0n) is 44.7. The maximum absolute atomic E-state index is 14.8. The second-order valence-electron chi connectivity index (χ2n) is 10.1. The van der Waals surface area contributed by atoms with Gasteiger partial charge in [-0.25, -0.2) is 4.39 Å². The van der Waals surface area contributed by atoms with Crippen LogP contribution in [0.15, 0.2) is 76.5 Å². The molecule has 1 amide bonds. The number of nitrogens with zero attached hydrogens (tertiary/aromatic N) is 4. The van der Waals surface area contributed by atoms with Gasteiger partial charge in [-0.1, -0.05) is 74.0 Å². The van der Waals surface area contributed by atoms with Gasteiger partial charge in [0.2, 0.25) is 5.91 Å². The van der Waals surface area contributed by atoms with Crippen molar-refractivity contribution in [2.75, 3.05) is 26.1 Å². The summed E-state index contributed by atoms with van der Waals surface area (Å²) in [7, 11) is 0. The molecule has 1 heterocycles. The Morgan fingerprint density at radius 2 is 1.71 bits per heavy atom. The Bertz CT molecular complexity index is 2640. The van der Waals surface area contributed by atoms with Gasteiger partial charge in [-0.2, -0.15) is 18.2 Å². The van der Waals surface area contributed by atoms with Crippen molar-refractivity contribution in [2.45, 2.75) is 70.0 Å². The van der Waals surface area contributed by atoms with E-state index in [9.17, 15) is 27.2 Å². The molecule has 0 spiro atoms. The Balaban J connectivity index is 1.74. The van der Waals surface area contributed by atoms with Gasteiger partial charge in [-0.3, -0.25) is 9.59 Å². The second kappa shape index (κ2) is 15.5. The number of hydrogen-bond donors (Lipinski definition) is 0. The minimum absolute atomic E-state index is 0.0671. The van der Waals surface area contributed by atoms with Crippen molar-refractivity contribution in [3.05, 3.63) is 116 Å². The molecule has 3 aromatic carbocycles.